The van der Waals surface area contributed by atoms with Gasteiger partial charge in [-0.05, 0) is 124 Å². The van der Waals surface area contributed by atoms with Gasteiger partial charge in [-0.1, -0.05) is 172 Å². The quantitative estimate of drug-likeness (QED) is 0.0370. The number of Topliss-reactive ketones (excluding diaryl/α,β-unsaturated/α-hetero) is 1. The van der Waals surface area contributed by atoms with E-state index in [9.17, 15) is 58.8 Å². The van der Waals surface area contributed by atoms with Gasteiger partial charge in [0.05, 0.1) is 28.5 Å². The number of thiophene rings is 4. The van der Waals surface area contributed by atoms with Gasteiger partial charge >= 0.3 is 23.9 Å². The van der Waals surface area contributed by atoms with Crippen LogP contribution in [0.15, 0.2) is 238 Å². The molecule has 0 atom stereocenters. The summed E-state index contributed by atoms with van der Waals surface area (Å²) in [4.78, 5) is 98.2. The van der Waals surface area contributed by atoms with E-state index in [0.29, 0.717) is 93.4 Å². The van der Waals surface area contributed by atoms with Crippen molar-refractivity contribution in [3.8, 4) is 67.2 Å². The van der Waals surface area contributed by atoms with Crippen molar-refractivity contribution in [2.75, 3.05) is 16.0 Å². The highest BCUT2D eigenvalue weighted by atomic mass is 79.9. The molecule has 14 aromatic rings. The van der Waals surface area contributed by atoms with Crippen molar-refractivity contribution in [3.05, 3.63) is 309 Å². The number of hydrogen-bond donors (Lipinski definition) is 7. The van der Waals surface area contributed by atoms with E-state index in [-0.39, 0.29) is 51.1 Å². The van der Waals surface area contributed by atoms with E-state index in [1.54, 1.807) is 97.7 Å². The van der Waals surface area contributed by atoms with E-state index >= 15 is 0 Å². The number of rotatable bonds is 19. The molecule has 0 saturated heterocycles. The molecule has 0 saturated carbocycles. The van der Waals surface area contributed by atoms with Crippen molar-refractivity contribution < 1.29 is 76.5 Å². The van der Waals surface area contributed by atoms with Crippen LogP contribution in [0.25, 0.3) is 67.2 Å². The monoisotopic (exact) mass is 1600 g/mol. The Hall–Kier alpha value is -12.0. The largest absolute Gasteiger partial charge is 0.478 e. The maximum Gasteiger partial charge on any atom is 0.339 e. The zero-order valence-corrected chi connectivity index (χ0v) is 63.7. The number of carboxylic acid groups (broad SMARTS) is 4. The summed E-state index contributed by atoms with van der Waals surface area (Å²) in [5.41, 5.74) is 11.0. The number of aromatic carboxylic acids is 4. The summed E-state index contributed by atoms with van der Waals surface area (Å²) in [5, 5.41) is 55.2. The Morgan fingerprint density at radius 2 is 0.769 bits per heavy atom. The highest BCUT2D eigenvalue weighted by Gasteiger charge is 2.28. The lowest BCUT2D eigenvalue weighted by Crippen LogP contribution is -2.13. The van der Waals surface area contributed by atoms with E-state index in [1.807, 2.05) is 147 Å². The van der Waals surface area contributed by atoms with Gasteiger partial charge in [-0.15, -0.1) is 45.3 Å². The molecule has 8 heterocycles. The van der Waals surface area contributed by atoms with Crippen molar-refractivity contribution in [3.63, 3.8) is 0 Å². The molecular weight excluding hydrogens is 1540 g/mol. The molecule has 25 heteroatoms. The summed E-state index contributed by atoms with van der Waals surface area (Å²) in [6.45, 7) is 10.9. The number of hydrogen-bond acceptors (Lipinski definition) is 16. The number of anilines is 3. The molecule has 0 bridgehead atoms. The van der Waals surface area contributed by atoms with Gasteiger partial charge in [0, 0.05) is 70.3 Å². The van der Waals surface area contributed by atoms with Crippen molar-refractivity contribution in [1.29, 1.82) is 0 Å². The second kappa shape index (κ2) is 34.5. The van der Waals surface area contributed by atoms with Crippen LogP contribution in [-0.2, 0) is 6.42 Å². The number of nitrogens with one attached hydrogen (secondary N) is 3. The lowest BCUT2D eigenvalue weighted by atomic mass is 9.99. The maximum absolute atomic E-state index is 13.0. The standard InChI is InChI=1S/C24H17ClO4S.C24H19NO4S.C19H17NO4S.C16H10BrNO4S/c1-14-18(11-21(29-14)16-5-3-2-4-6-16)20(26)12-22-23(24(27)28)19(13-30-22)15-7-9-17(25)10-8-15;1-14-8-10-16(11-9-14)19-13-30-23(21(19)24(27)28)25-22(26)18-12-20(29-15(18)2)17-6-4-3-5-7-17;1-10-4-6-13(7-5-10)15-9-25-18(16(15)19(22)23)20-17(21)14-8-11(2)24-12(14)3;17-10-5-3-9(4-6-10)11-8-23-15(13(11)16(20)21)18-14(19)12-2-1-7-22-12/h2-11,13H,12H2,1H3,(H,27,28);3-13H,1-2H3,(H,25,26)(H,27,28);4-9H,1-3H3,(H,20,21)(H,22,23);1-8H,(H,18,19)(H,20,21). The molecule has 0 spiro atoms. The van der Waals surface area contributed by atoms with Gasteiger partial charge in [0.15, 0.2) is 11.5 Å². The highest BCUT2D eigenvalue weighted by Crippen LogP contribution is 2.41. The van der Waals surface area contributed by atoms with Crippen molar-refractivity contribution >= 4 is 135 Å². The van der Waals surface area contributed by atoms with E-state index in [4.69, 9.17) is 29.3 Å². The number of carbonyl (C=O) groups excluding carboxylic acids is 4. The highest BCUT2D eigenvalue weighted by molar-refractivity contribution is 9.10. The minimum Gasteiger partial charge on any atom is -0.478 e. The van der Waals surface area contributed by atoms with Crippen molar-refractivity contribution in [2.45, 2.75) is 48.0 Å². The molecule has 0 fully saturated rings. The first-order valence-electron chi connectivity index (χ1n) is 32.7. The third-order valence-corrected chi connectivity index (χ3v) is 21.1. The second-order valence-electron chi connectivity index (χ2n) is 24.1. The first-order chi connectivity index (χ1) is 51.8. The average molecular weight is 1600 g/mol. The molecule has 8 aromatic heterocycles. The minimum absolute atomic E-state index is 0.00546. The minimum atomic E-state index is -1.10. The van der Waals surface area contributed by atoms with Crippen LogP contribution in [0.2, 0.25) is 5.02 Å². The Labute approximate surface area is 647 Å². The predicted molar refractivity (Wildman–Crippen MR) is 426 cm³/mol. The molecular formula is C83H63BrClN3O16S4. The number of furan rings is 4. The molecule has 3 amide bonds. The van der Waals surface area contributed by atoms with Gasteiger partial charge in [-0.2, -0.15) is 0 Å². The normalized spacial score (nSPS) is 10.7. The molecule has 544 valence electrons. The third kappa shape index (κ3) is 18.2. The number of benzene rings is 6. The van der Waals surface area contributed by atoms with Gasteiger partial charge in [-0.3, -0.25) is 19.2 Å². The SMILES string of the molecule is Cc1ccc(-c2csc(NC(=O)c3cc(-c4ccccc4)oc3C)c2C(=O)O)cc1.Cc1ccc(-c2csc(NC(=O)c3cc(C)oc3C)c2C(=O)O)cc1.Cc1oc(-c2ccccc2)cc1C(=O)Cc1scc(-c2ccc(Cl)cc2)c1C(=O)O.O=C(Nc1scc(-c2ccc(Br)cc2)c1C(=O)O)c1ccco1. The fourth-order valence-electron chi connectivity index (χ4n) is 11.3. The average Bonchev–Trinajstić information content (AvgIpc) is 1.66. The fraction of sp³-hybridized carbons (Fsp3) is 0.0843. The van der Waals surface area contributed by atoms with Crippen LogP contribution in [0.1, 0.15) is 122 Å². The van der Waals surface area contributed by atoms with Crippen LogP contribution >= 0.6 is 72.9 Å². The maximum atomic E-state index is 13.0. The Balaban J connectivity index is 0.000000144. The second-order valence-corrected chi connectivity index (χ2v) is 29.1. The summed E-state index contributed by atoms with van der Waals surface area (Å²) in [7, 11) is 0. The lowest BCUT2D eigenvalue weighted by molar-refractivity contribution is 0.0686. The van der Waals surface area contributed by atoms with Gasteiger partial charge in [0.1, 0.15) is 66.3 Å². The van der Waals surface area contributed by atoms with Gasteiger partial charge < -0.3 is 54.0 Å². The van der Waals surface area contributed by atoms with Gasteiger partial charge in [0.2, 0.25) is 0 Å². The Kier molecular flexibility index (Phi) is 24.6. The predicted octanol–water partition coefficient (Wildman–Crippen LogP) is 22.6. The van der Waals surface area contributed by atoms with Crippen LogP contribution in [0, 0.1) is 41.5 Å². The van der Waals surface area contributed by atoms with Crippen molar-refractivity contribution in [1.82, 2.24) is 0 Å². The third-order valence-electron chi connectivity index (χ3n) is 16.7. The number of halogens is 2. The molecule has 19 nitrogen and oxygen atoms in total. The number of aryl methyl sites for hydroxylation is 6. The summed E-state index contributed by atoms with van der Waals surface area (Å²) >= 11 is 14.1. The van der Waals surface area contributed by atoms with Crippen LogP contribution in [-0.4, -0.2) is 67.8 Å². The first-order valence-corrected chi connectivity index (χ1v) is 37.4. The Morgan fingerprint density at radius 1 is 0.398 bits per heavy atom. The zero-order valence-electron chi connectivity index (χ0n) is 58.1. The number of ketones is 1. The molecule has 0 aliphatic rings. The van der Waals surface area contributed by atoms with E-state index in [0.717, 1.165) is 60.3 Å². The van der Waals surface area contributed by atoms with E-state index in [2.05, 4.69) is 31.9 Å². The molecule has 14 rings (SSSR count). The smallest absolute Gasteiger partial charge is 0.339 e. The summed E-state index contributed by atoms with van der Waals surface area (Å²) in [6.07, 6.45) is 1.38. The number of carbonyl (C=O) groups is 8. The summed E-state index contributed by atoms with van der Waals surface area (Å²) in [5.74, 6) is -2.32. The van der Waals surface area contributed by atoms with Gasteiger partial charge in [-0.25, -0.2) is 19.2 Å². The van der Waals surface area contributed by atoms with Gasteiger partial charge in [0.25, 0.3) is 17.7 Å². The molecule has 0 unspecified atom stereocenters. The molecule has 0 aliphatic heterocycles. The molecule has 0 radical (unpaired) electrons. The molecule has 0 aliphatic carbocycles. The number of amides is 3. The van der Waals surface area contributed by atoms with Crippen LogP contribution < -0.4 is 16.0 Å². The summed E-state index contributed by atoms with van der Waals surface area (Å²) < 4.78 is 22.8. The summed E-state index contributed by atoms with van der Waals surface area (Å²) in [6, 6.07) is 56.6. The number of carboxylic acids is 4. The fourth-order valence-corrected chi connectivity index (χ4v) is 15.6. The lowest BCUT2D eigenvalue weighted by Gasteiger charge is -2.06. The first kappa shape index (κ1) is 77.1. The zero-order chi connectivity index (χ0) is 77.0. The molecule has 6 aromatic carbocycles. The Bertz CT molecular complexity index is 5440. The van der Waals surface area contributed by atoms with E-state index in [1.165, 1.54) is 46.3 Å². The van der Waals surface area contributed by atoms with Crippen molar-refractivity contribution in [2.24, 2.45) is 0 Å². The van der Waals surface area contributed by atoms with Crippen LogP contribution in [0.3, 0.4) is 0 Å². The van der Waals surface area contributed by atoms with Crippen LogP contribution in [0.4, 0.5) is 15.0 Å². The molecule has 108 heavy (non-hydrogen) atoms. The Morgan fingerprint density at radius 3 is 1.18 bits per heavy atom. The topological polar surface area (TPSA) is 306 Å². The molecule has 7 N–H and O–H groups in total. The van der Waals surface area contributed by atoms with E-state index < -0.39 is 35.7 Å². The van der Waals surface area contributed by atoms with Crippen LogP contribution in [0.5, 0.6) is 0 Å².